The number of oxazole rings is 1. The number of nitrogens with zero attached hydrogens (tertiary/aromatic N) is 1. The van der Waals surface area contributed by atoms with Crippen molar-refractivity contribution in [1.82, 2.24) is 4.98 Å². The molecule has 0 aromatic carbocycles. The van der Waals surface area contributed by atoms with Gasteiger partial charge in [-0.25, -0.2) is 4.98 Å². The van der Waals surface area contributed by atoms with E-state index in [-0.39, 0.29) is 0 Å². The van der Waals surface area contributed by atoms with Crippen LogP contribution in [0.15, 0.2) is 28.3 Å². The Balaban J connectivity index is 2.46. The van der Waals surface area contributed by atoms with Crippen molar-refractivity contribution in [2.45, 2.75) is 6.54 Å². The second kappa shape index (κ2) is 3.08. The maximum Gasteiger partial charge on any atom is 0.181 e. The molecule has 0 radical (unpaired) electrons. The molecule has 0 bridgehead atoms. The fourth-order valence-electron chi connectivity index (χ4n) is 1.03. The lowest BCUT2D eigenvalue weighted by molar-refractivity contribution is 0.507. The van der Waals surface area contributed by atoms with E-state index < -0.39 is 0 Å². The molecule has 62 valence electrons. The monoisotopic (exact) mass is 180 g/mol. The van der Waals surface area contributed by atoms with Crippen LogP contribution in [0.5, 0.6) is 0 Å². The molecule has 12 heavy (non-hydrogen) atoms. The van der Waals surface area contributed by atoms with Gasteiger partial charge in [0.05, 0.1) is 11.4 Å². The summed E-state index contributed by atoms with van der Waals surface area (Å²) in [5.41, 5.74) is 6.34. The van der Waals surface area contributed by atoms with Gasteiger partial charge in [0.15, 0.2) is 6.39 Å². The first-order chi connectivity index (χ1) is 5.92. The maximum absolute atomic E-state index is 5.47. The second-order valence-corrected chi connectivity index (χ2v) is 3.25. The Bertz CT molecular complexity index is 353. The molecule has 2 aromatic rings. The highest BCUT2D eigenvalue weighted by Crippen LogP contribution is 2.25. The highest BCUT2D eigenvalue weighted by molar-refractivity contribution is 7.13. The Hall–Kier alpha value is -1.13. The lowest BCUT2D eigenvalue weighted by Crippen LogP contribution is -1.95. The van der Waals surface area contributed by atoms with Crippen LogP contribution in [0.4, 0.5) is 0 Å². The Labute approximate surface area is 73.8 Å². The minimum atomic E-state index is 0.396. The van der Waals surface area contributed by atoms with E-state index in [4.69, 9.17) is 10.2 Å². The van der Waals surface area contributed by atoms with Crippen molar-refractivity contribution in [1.29, 1.82) is 0 Å². The number of rotatable bonds is 2. The largest absolute Gasteiger partial charge is 0.446 e. The molecular weight excluding hydrogens is 172 g/mol. The van der Waals surface area contributed by atoms with Crippen molar-refractivity contribution in [3.63, 3.8) is 0 Å². The average Bonchev–Trinajstić information content (AvgIpc) is 2.74. The highest BCUT2D eigenvalue weighted by atomic mass is 32.1. The standard InChI is InChI=1S/C8H8N2OS/c9-4-6-8(10-5-11-6)7-2-1-3-12-7/h1-3,5H,4,9H2. The molecular formula is C8H8N2OS. The van der Waals surface area contributed by atoms with Crippen LogP contribution in [0.2, 0.25) is 0 Å². The molecule has 2 aromatic heterocycles. The Kier molecular flexibility index (Phi) is 1.93. The van der Waals surface area contributed by atoms with Gasteiger partial charge in [0.1, 0.15) is 11.5 Å². The van der Waals surface area contributed by atoms with E-state index in [1.807, 2.05) is 17.5 Å². The third kappa shape index (κ3) is 1.15. The van der Waals surface area contributed by atoms with Crippen molar-refractivity contribution in [3.8, 4) is 10.6 Å². The van der Waals surface area contributed by atoms with Crippen LogP contribution in [-0.2, 0) is 6.54 Å². The lowest BCUT2D eigenvalue weighted by atomic mass is 10.3. The number of thiophene rings is 1. The smallest absolute Gasteiger partial charge is 0.181 e. The molecule has 0 unspecified atom stereocenters. The Morgan fingerprint density at radius 1 is 1.58 bits per heavy atom. The molecule has 3 nitrogen and oxygen atoms in total. The predicted molar refractivity (Wildman–Crippen MR) is 47.7 cm³/mol. The highest BCUT2D eigenvalue weighted by Gasteiger charge is 2.08. The van der Waals surface area contributed by atoms with Crippen LogP contribution in [0.1, 0.15) is 5.76 Å². The third-order valence-electron chi connectivity index (χ3n) is 1.58. The number of hydrogen-bond acceptors (Lipinski definition) is 4. The van der Waals surface area contributed by atoms with Gasteiger partial charge in [-0.05, 0) is 11.4 Å². The summed E-state index contributed by atoms with van der Waals surface area (Å²) in [5, 5.41) is 2.00. The molecule has 2 N–H and O–H groups in total. The van der Waals surface area contributed by atoms with Gasteiger partial charge in [0, 0.05) is 0 Å². The molecule has 0 aliphatic rings. The summed E-state index contributed by atoms with van der Waals surface area (Å²) in [6.07, 6.45) is 1.43. The van der Waals surface area contributed by atoms with Gasteiger partial charge in [0.25, 0.3) is 0 Å². The van der Waals surface area contributed by atoms with Gasteiger partial charge in [-0.15, -0.1) is 11.3 Å². The maximum atomic E-state index is 5.47. The number of hydrogen-bond donors (Lipinski definition) is 1. The zero-order chi connectivity index (χ0) is 8.39. The molecule has 0 amide bonds. The average molecular weight is 180 g/mol. The SMILES string of the molecule is NCc1ocnc1-c1cccs1. The van der Waals surface area contributed by atoms with Crippen molar-refractivity contribution in [2.24, 2.45) is 5.73 Å². The summed E-state index contributed by atoms with van der Waals surface area (Å²) in [6, 6.07) is 3.98. The zero-order valence-electron chi connectivity index (χ0n) is 6.36. The molecule has 4 heteroatoms. The van der Waals surface area contributed by atoms with E-state index in [0.29, 0.717) is 6.54 Å². The molecule has 0 spiro atoms. The second-order valence-electron chi connectivity index (χ2n) is 2.31. The minimum Gasteiger partial charge on any atom is -0.446 e. The van der Waals surface area contributed by atoms with Crippen molar-refractivity contribution in [2.75, 3.05) is 0 Å². The van der Waals surface area contributed by atoms with Crippen LogP contribution in [0.3, 0.4) is 0 Å². The van der Waals surface area contributed by atoms with Crippen molar-refractivity contribution < 1.29 is 4.42 Å². The van der Waals surface area contributed by atoms with E-state index >= 15 is 0 Å². The molecule has 2 heterocycles. The first-order valence-electron chi connectivity index (χ1n) is 3.58. The summed E-state index contributed by atoms with van der Waals surface area (Å²) < 4.78 is 5.11. The van der Waals surface area contributed by atoms with E-state index in [9.17, 15) is 0 Å². The van der Waals surface area contributed by atoms with Crippen LogP contribution in [-0.4, -0.2) is 4.98 Å². The molecule has 0 aliphatic heterocycles. The quantitative estimate of drug-likeness (QED) is 0.767. The number of nitrogens with two attached hydrogens (primary N) is 1. The lowest BCUT2D eigenvalue weighted by Gasteiger charge is -1.92. The summed E-state index contributed by atoms with van der Waals surface area (Å²) in [6.45, 7) is 0.396. The molecule has 0 saturated carbocycles. The molecule has 0 atom stereocenters. The van der Waals surface area contributed by atoms with Gasteiger partial charge < -0.3 is 10.2 Å². The minimum absolute atomic E-state index is 0.396. The third-order valence-corrected chi connectivity index (χ3v) is 2.46. The van der Waals surface area contributed by atoms with Gasteiger partial charge in [0.2, 0.25) is 0 Å². The number of aromatic nitrogens is 1. The van der Waals surface area contributed by atoms with Gasteiger partial charge in [-0.1, -0.05) is 6.07 Å². The van der Waals surface area contributed by atoms with Gasteiger partial charge >= 0.3 is 0 Å². The zero-order valence-corrected chi connectivity index (χ0v) is 7.17. The van der Waals surface area contributed by atoms with Crippen molar-refractivity contribution in [3.05, 3.63) is 29.7 Å². The summed E-state index contributed by atoms with van der Waals surface area (Å²) in [5.74, 6) is 0.748. The molecule has 0 saturated heterocycles. The van der Waals surface area contributed by atoms with E-state index in [1.54, 1.807) is 11.3 Å². The topological polar surface area (TPSA) is 52.0 Å². The normalized spacial score (nSPS) is 10.4. The van der Waals surface area contributed by atoms with Crippen molar-refractivity contribution >= 4 is 11.3 Å². The molecule has 0 aliphatic carbocycles. The van der Waals surface area contributed by atoms with Gasteiger partial charge in [-0.3, -0.25) is 0 Å². The molecule has 0 fully saturated rings. The summed E-state index contributed by atoms with van der Waals surface area (Å²) in [4.78, 5) is 5.19. The van der Waals surface area contributed by atoms with Crippen LogP contribution < -0.4 is 5.73 Å². The van der Waals surface area contributed by atoms with Crippen LogP contribution >= 0.6 is 11.3 Å². The predicted octanol–water partition coefficient (Wildman–Crippen LogP) is 1.86. The Morgan fingerprint density at radius 2 is 2.50 bits per heavy atom. The summed E-state index contributed by atoms with van der Waals surface area (Å²) >= 11 is 1.63. The van der Waals surface area contributed by atoms with E-state index in [1.165, 1.54) is 6.39 Å². The fraction of sp³-hybridized carbons (Fsp3) is 0.125. The first kappa shape index (κ1) is 7.52. The van der Waals surface area contributed by atoms with E-state index in [0.717, 1.165) is 16.3 Å². The summed E-state index contributed by atoms with van der Waals surface area (Å²) in [7, 11) is 0. The Morgan fingerprint density at radius 3 is 3.17 bits per heavy atom. The van der Waals surface area contributed by atoms with Crippen LogP contribution in [0.25, 0.3) is 10.6 Å². The van der Waals surface area contributed by atoms with E-state index in [2.05, 4.69) is 4.98 Å². The van der Waals surface area contributed by atoms with Gasteiger partial charge in [-0.2, -0.15) is 0 Å². The molecule has 2 rings (SSSR count). The fourth-order valence-corrected chi connectivity index (χ4v) is 1.77. The van der Waals surface area contributed by atoms with Crippen LogP contribution in [0, 0.1) is 0 Å². The first-order valence-corrected chi connectivity index (χ1v) is 4.46.